The smallest absolute Gasteiger partial charge is 0.329 e. The largest absolute Gasteiger partial charge is 0.459 e. The fraction of sp³-hybridized carbons (Fsp3) is 0.667. The van der Waals surface area contributed by atoms with Crippen LogP contribution in [-0.2, 0) is 46.3 Å². The lowest BCUT2D eigenvalue weighted by atomic mass is 9.57. The van der Waals surface area contributed by atoms with Gasteiger partial charge in [-0.05, 0) is 83.2 Å². The molecule has 1 aliphatic carbocycles. The first-order chi connectivity index (χ1) is 29.8. The van der Waals surface area contributed by atoms with Crippen LogP contribution in [0.3, 0.4) is 0 Å². The lowest BCUT2D eigenvalue weighted by Gasteiger charge is -2.61. The first-order valence-electron chi connectivity index (χ1n) is 22.5. The van der Waals surface area contributed by atoms with Crippen molar-refractivity contribution in [2.24, 2.45) is 40.5 Å². The molecule has 18 nitrogen and oxygen atoms in total. The number of carbonyl (C=O) groups is 6. The lowest BCUT2D eigenvalue weighted by molar-refractivity contribution is -0.198. The highest BCUT2D eigenvalue weighted by Crippen LogP contribution is 2.49. The second kappa shape index (κ2) is 21.5. The molecular formula is C45H70N10O8. The van der Waals surface area contributed by atoms with Crippen LogP contribution in [0.25, 0.3) is 0 Å². The van der Waals surface area contributed by atoms with Gasteiger partial charge >= 0.3 is 5.97 Å². The van der Waals surface area contributed by atoms with Gasteiger partial charge in [-0.15, -0.1) is 0 Å². The van der Waals surface area contributed by atoms with Crippen LogP contribution in [0.5, 0.6) is 0 Å². The highest BCUT2D eigenvalue weighted by molar-refractivity contribution is 6.26. The van der Waals surface area contributed by atoms with Gasteiger partial charge in [0.25, 0.3) is 11.8 Å². The molecule has 3 aliphatic heterocycles. The minimum Gasteiger partial charge on any atom is -0.459 e. The Kier molecular flexibility index (Phi) is 16.9. The number of imide groups is 3. The summed E-state index contributed by atoms with van der Waals surface area (Å²) in [6, 6.07) is 3.89. The number of Topliss-reactive ketones (excluding diaryl/α,β-unsaturated/α-hetero) is 1. The Morgan fingerprint density at radius 1 is 0.968 bits per heavy atom. The van der Waals surface area contributed by atoms with E-state index in [1.54, 1.807) is 45.0 Å². The van der Waals surface area contributed by atoms with E-state index in [0.29, 0.717) is 36.4 Å². The predicted octanol–water partition coefficient (Wildman–Crippen LogP) is 0.467. The number of piperidine rings is 3. The third-order valence-electron chi connectivity index (χ3n) is 13.0. The average Bonchev–Trinajstić information content (AvgIpc) is 3.77. The van der Waals surface area contributed by atoms with Crippen LogP contribution >= 0.6 is 0 Å². The van der Waals surface area contributed by atoms with Crippen molar-refractivity contribution < 1.29 is 38.6 Å². The standard InChI is InChI=1S/C45H70N10O8/c1-43(2,3)63-42(62)44(50)30-17-20-54(21-18-30)45(44,38(58)35(24-31-26-51-27-52-31)53-39(59)34(49)23-29-14-8-5-9-15-29)41(61)55(40(60)32(47)16-10-11-19-46)37(57)25-36(56)33(48)22-28-12-6-4-7-13-28/h5,8-9,14-15,26-28,30,32-36,56H,4,6-7,10-13,16-25,46-50H2,1-3H3,(H,51,52)(H,53,59)/t32-,33?,34-,35-,36+,44+,45-/m0/s1. The molecule has 13 N–H and O–H groups in total. The molecule has 7 atom stereocenters. The van der Waals surface area contributed by atoms with E-state index in [2.05, 4.69) is 15.3 Å². The second-order valence-electron chi connectivity index (χ2n) is 18.8. The maximum Gasteiger partial charge on any atom is 0.329 e. The number of imidazole rings is 1. The van der Waals surface area contributed by atoms with E-state index in [9.17, 15) is 24.3 Å². The van der Waals surface area contributed by atoms with Crippen LogP contribution in [0.15, 0.2) is 42.9 Å². The maximum absolute atomic E-state index is 16.1. The minimum atomic E-state index is -2.84. The van der Waals surface area contributed by atoms with Gasteiger partial charge in [0.15, 0.2) is 16.9 Å². The zero-order valence-electron chi connectivity index (χ0n) is 37.1. The van der Waals surface area contributed by atoms with Gasteiger partial charge in [0.2, 0.25) is 11.8 Å². The van der Waals surface area contributed by atoms with Crippen molar-refractivity contribution in [2.45, 2.75) is 158 Å². The summed E-state index contributed by atoms with van der Waals surface area (Å²) in [7, 11) is 0. The third kappa shape index (κ3) is 11.3. The first-order valence-corrected chi connectivity index (χ1v) is 22.5. The van der Waals surface area contributed by atoms with Crippen LogP contribution < -0.4 is 34.0 Å². The number of aromatic nitrogens is 2. The zero-order valence-corrected chi connectivity index (χ0v) is 37.1. The molecule has 1 unspecified atom stereocenters. The van der Waals surface area contributed by atoms with Crippen molar-refractivity contribution in [3.05, 3.63) is 54.1 Å². The van der Waals surface area contributed by atoms with Crippen molar-refractivity contribution in [1.82, 2.24) is 25.1 Å². The van der Waals surface area contributed by atoms with Gasteiger partial charge in [0, 0.05) is 37.4 Å². The Balaban J connectivity index is 1.66. The summed E-state index contributed by atoms with van der Waals surface area (Å²) in [5, 5.41) is 14.2. The van der Waals surface area contributed by atoms with Crippen molar-refractivity contribution >= 4 is 35.4 Å². The number of aliphatic hydroxyl groups excluding tert-OH is 1. The van der Waals surface area contributed by atoms with Gasteiger partial charge < -0.3 is 48.8 Å². The monoisotopic (exact) mass is 879 g/mol. The van der Waals surface area contributed by atoms with Gasteiger partial charge in [0.1, 0.15) is 5.60 Å². The van der Waals surface area contributed by atoms with E-state index in [0.717, 1.165) is 37.7 Å². The Bertz CT molecular complexity index is 1880. The summed E-state index contributed by atoms with van der Waals surface area (Å²) < 4.78 is 5.94. The van der Waals surface area contributed by atoms with Crippen LogP contribution in [-0.4, -0.2) is 127 Å². The Labute approximate surface area is 370 Å². The number of aliphatic hydroxyl groups is 1. The number of hydrogen-bond donors (Lipinski definition) is 8. The van der Waals surface area contributed by atoms with E-state index >= 15 is 9.59 Å². The number of carbonyl (C=O) groups excluding carboxylic acids is 6. The number of hydrogen-bond acceptors (Lipinski definition) is 15. The molecule has 1 aromatic carbocycles. The second-order valence-corrected chi connectivity index (χ2v) is 18.8. The van der Waals surface area contributed by atoms with Gasteiger partial charge in [0.05, 0.1) is 37.0 Å². The third-order valence-corrected chi connectivity index (χ3v) is 13.0. The summed E-state index contributed by atoms with van der Waals surface area (Å²) in [6.07, 6.45) is 7.16. The van der Waals surface area contributed by atoms with Gasteiger partial charge in [-0.2, -0.15) is 0 Å². The number of aromatic amines is 1. The van der Waals surface area contributed by atoms with Crippen molar-refractivity contribution in [2.75, 3.05) is 19.6 Å². The molecule has 4 fully saturated rings. The summed E-state index contributed by atoms with van der Waals surface area (Å²) in [5.41, 5.74) is 27.1. The van der Waals surface area contributed by atoms with Gasteiger partial charge in [-0.1, -0.05) is 68.9 Å². The zero-order chi connectivity index (χ0) is 46.1. The average molecular weight is 879 g/mol. The molecule has 4 heterocycles. The molecule has 2 bridgehead atoms. The molecule has 2 aromatic rings. The number of benzene rings is 1. The molecule has 348 valence electrons. The maximum atomic E-state index is 16.1. The molecule has 0 radical (unpaired) electrons. The molecular weight excluding hydrogens is 809 g/mol. The van der Waals surface area contributed by atoms with Crippen LogP contribution in [0, 0.1) is 11.8 Å². The van der Waals surface area contributed by atoms with Gasteiger partial charge in [-0.3, -0.25) is 28.9 Å². The predicted molar refractivity (Wildman–Crippen MR) is 235 cm³/mol. The van der Waals surface area contributed by atoms with E-state index in [-0.39, 0.29) is 51.1 Å². The summed E-state index contributed by atoms with van der Waals surface area (Å²) >= 11 is 0. The number of fused-ring (bicyclic) bond motifs is 3. The molecule has 4 amide bonds. The van der Waals surface area contributed by atoms with Crippen molar-refractivity contribution in [3.8, 4) is 0 Å². The topological polar surface area (TPSA) is 309 Å². The number of ether oxygens (including phenoxy) is 1. The number of H-pyrrole nitrogens is 1. The highest BCUT2D eigenvalue weighted by atomic mass is 16.6. The number of nitrogens with two attached hydrogens (primary N) is 5. The van der Waals surface area contributed by atoms with E-state index in [1.165, 1.54) is 17.4 Å². The molecule has 3 saturated heterocycles. The Morgan fingerprint density at radius 2 is 1.63 bits per heavy atom. The van der Waals surface area contributed by atoms with Crippen molar-refractivity contribution in [3.63, 3.8) is 0 Å². The molecule has 18 heteroatoms. The summed E-state index contributed by atoms with van der Waals surface area (Å²) in [5.74, 6) is -7.33. The SMILES string of the molecule is CC(C)(C)OC(=O)[C@]1(N)C2CCN(CC2)[C@@]1(C(=O)[C@H](Cc1cnc[nH]1)NC(=O)[C@@H](N)Cc1ccccc1)C(=O)N(C(=O)C[C@@H](O)C(N)CC1CCCCC1)C(=O)[C@@H](N)CCCCN. The number of rotatable bonds is 20. The fourth-order valence-electron chi connectivity index (χ4n) is 9.68. The van der Waals surface area contributed by atoms with E-state index < -0.39 is 94.7 Å². The van der Waals surface area contributed by atoms with Gasteiger partial charge in [-0.25, -0.2) is 14.7 Å². The number of esters is 1. The Morgan fingerprint density at radius 3 is 2.24 bits per heavy atom. The number of nitrogens with zero attached hydrogens (tertiary/aromatic N) is 3. The highest BCUT2D eigenvalue weighted by Gasteiger charge is 2.76. The fourth-order valence-corrected chi connectivity index (χ4v) is 9.68. The Hall–Kier alpha value is -4.43. The molecule has 63 heavy (non-hydrogen) atoms. The normalized spacial score (nSPS) is 25.0. The summed E-state index contributed by atoms with van der Waals surface area (Å²) in [4.78, 5) is 99.3. The number of nitrogens with one attached hydrogen (secondary N) is 2. The molecule has 6 rings (SSSR count). The minimum absolute atomic E-state index is 0.0156. The summed E-state index contributed by atoms with van der Waals surface area (Å²) in [6.45, 7) is 5.22. The van der Waals surface area contributed by atoms with Crippen molar-refractivity contribution in [1.29, 1.82) is 0 Å². The van der Waals surface area contributed by atoms with Crippen LogP contribution in [0.2, 0.25) is 0 Å². The van der Waals surface area contributed by atoms with E-state index in [1.807, 2.05) is 6.07 Å². The molecule has 4 aliphatic rings. The van der Waals surface area contributed by atoms with Crippen LogP contribution in [0.4, 0.5) is 0 Å². The quantitative estimate of drug-likeness (QED) is 0.0509. The van der Waals surface area contributed by atoms with E-state index in [4.69, 9.17) is 33.4 Å². The molecule has 1 saturated carbocycles. The number of amides is 4. The number of ketones is 1. The molecule has 1 aromatic heterocycles. The molecule has 0 spiro atoms. The number of unbranched alkanes of at least 4 members (excludes halogenated alkanes) is 1. The first kappa shape index (κ1) is 49.6. The lowest BCUT2D eigenvalue weighted by Crippen LogP contribution is -2.89. The van der Waals surface area contributed by atoms with Crippen LogP contribution in [0.1, 0.15) is 109 Å².